The zero-order chi connectivity index (χ0) is 19.9. The number of ether oxygens (including phenoxy) is 2. The topological polar surface area (TPSA) is 86.5 Å². The van der Waals surface area contributed by atoms with Gasteiger partial charge in [-0.2, -0.15) is 4.98 Å². The van der Waals surface area contributed by atoms with Crippen LogP contribution in [0, 0.1) is 6.92 Å². The van der Waals surface area contributed by atoms with Crippen LogP contribution in [0.1, 0.15) is 17.0 Å². The molecule has 0 aliphatic carbocycles. The van der Waals surface area contributed by atoms with Gasteiger partial charge in [-0.05, 0) is 36.8 Å². The molecule has 0 aliphatic heterocycles. The lowest BCUT2D eigenvalue weighted by Gasteiger charge is -2.07. The third kappa shape index (κ3) is 4.76. The van der Waals surface area contributed by atoms with Gasteiger partial charge in [0.1, 0.15) is 0 Å². The van der Waals surface area contributed by atoms with E-state index in [2.05, 4.69) is 15.5 Å². The summed E-state index contributed by atoms with van der Waals surface area (Å²) in [5, 5.41) is 6.67. The van der Waals surface area contributed by atoms with Gasteiger partial charge in [0.2, 0.25) is 17.6 Å². The third-order valence-electron chi connectivity index (χ3n) is 3.99. The third-order valence-corrected chi connectivity index (χ3v) is 3.99. The molecule has 144 valence electrons. The van der Waals surface area contributed by atoms with Gasteiger partial charge >= 0.3 is 0 Å². The van der Waals surface area contributed by atoms with Crippen molar-refractivity contribution in [3.63, 3.8) is 0 Å². The van der Waals surface area contributed by atoms with E-state index < -0.39 is 0 Å². The molecule has 3 aromatic rings. The standard InChI is InChI=1S/C21H21N3O4/c1-14-5-4-6-16(11-14)21-23-20(28-24-21)13-22-19(25)10-8-15-7-9-17(26-2)18(12-15)27-3/h4-12H,13H2,1-3H3,(H,22,25). The van der Waals surface area contributed by atoms with E-state index in [0.717, 1.165) is 16.7 Å². The van der Waals surface area contributed by atoms with Gasteiger partial charge in [-0.25, -0.2) is 0 Å². The average molecular weight is 379 g/mol. The number of hydrogen-bond donors (Lipinski definition) is 1. The zero-order valence-corrected chi connectivity index (χ0v) is 15.9. The molecule has 0 radical (unpaired) electrons. The highest BCUT2D eigenvalue weighted by Gasteiger charge is 2.09. The van der Waals surface area contributed by atoms with Gasteiger partial charge in [0, 0.05) is 11.6 Å². The highest BCUT2D eigenvalue weighted by molar-refractivity contribution is 5.91. The van der Waals surface area contributed by atoms with E-state index in [1.54, 1.807) is 32.4 Å². The summed E-state index contributed by atoms with van der Waals surface area (Å²) in [6.07, 6.45) is 3.11. The maximum absolute atomic E-state index is 12.0. The molecule has 1 aromatic heterocycles. The van der Waals surface area contributed by atoms with Crippen LogP contribution < -0.4 is 14.8 Å². The number of rotatable bonds is 7. The van der Waals surface area contributed by atoms with E-state index in [-0.39, 0.29) is 12.5 Å². The molecule has 3 rings (SSSR count). The van der Waals surface area contributed by atoms with Crippen LogP contribution in [0.4, 0.5) is 0 Å². The Labute approximate surface area is 163 Å². The highest BCUT2D eigenvalue weighted by Crippen LogP contribution is 2.27. The summed E-state index contributed by atoms with van der Waals surface area (Å²) in [6.45, 7) is 2.14. The number of carbonyl (C=O) groups is 1. The Balaban J connectivity index is 1.58. The molecule has 0 aliphatic rings. The first kappa shape index (κ1) is 19.2. The number of hydrogen-bond acceptors (Lipinski definition) is 6. The first-order valence-electron chi connectivity index (χ1n) is 8.66. The van der Waals surface area contributed by atoms with E-state index in [0.29, 0.717) is 23.2 Å². The van der Waals surface area contributed by atoms with Crippen molar-refractivity contribution in [1.29, 1.82) is 0 Å². The van der Waals surface area contributed by atoms with E-state index in [1.807, 2.05) is 37.3 Å². The number of nitrogens with zero attached hydrogens (tertiary/aromatic N) is 2. The van der Waals surface area contributed by atoms with Gasteiger partial charge in [-0.1, -0.05) is 35.0 Å². The minimum Gasteiger partial charge on any atom is -0.493 e. The summed E-state index contributed by atoms with van der Waals surface area (Å²) < 4.78 is 15.6. The minimum absolute atomic E-state index is 0.147. The maximum atomic E-state index is 12.0. The maximum Gasteiger partial charge on any atom is 0.246 e. The summed E-state index contributed by atoms with van der Waals surface area (Å²) in [5.41, 5.74) is 2.79. The molecule has 7 nitrogen and oxygen atoms in total. The predicted molar refractivity (Wildman–Crippen MR) is 105 cm³/mol. The van der Waals surface area contributed by atoms with Crippen LogP contribution in [0.2, 0.25) is 0 Å². The Bertz CT molecular complexity index is 995. The van der Waals surface area contributed by atoms with Gasteiger partial charge < -0.3 is 19.3 Å². The fourth-order valence-corrected chi connectivity index (χ4v) is 2.58. The van der Waals surface area contributed by atoms with E-state index >= 15 is 0 Å². The normalized spacial score (nSPS) is 10.8. The van der Waals surface area contributed by atoms with Crippen molar-refractivity contribution in [3.8, 4) is 22.9 Å². The summed E-state index contributed by atoms with van der Waals surface area (Å²) in [6, 6.07) is 13.2. The molecule has 0 fully saturated rings. The lowest BCUT2D eigenvalue weighted by Crippen LogP contribution is -2.20. The molecule has 0 saturated heterocycles. The lowest BCUT2D eigenvalue weighted by molar-refractivity contribution is -0.116. The van der Waals surface area contributed by atoms with Gasteiger partial charge in [-0.3, -0.25) is 4.79 Å². The predicted octanol–water partition coefficient (Wildman–Crippen LogP) is 3.39. The Morgan fingerprint density at radius 3 is 2.71 bits per heavy atom. The zero-order valence-electron chi connectivity index (χ0n) is 15.9. The number of aromatic nitrogens is 2. The van der Waals surface area contributed by atoms with Crippen molar-refractivity contribution in [2.45, 2.75) is 13.5 Å². The number of carbonyl (C=O) groups excluding carboxylic acids is 1. The van der Waals surface area contributed by atoms with Crippen molar-refractivity contribution in [2.24, 2.45) is 0 Å². The molecule has 0 unspecified atom stereocenters. The summed E-state index contributed by atoms with van der Waals surface area (Å²) in [7, 11) is 3.14. The van der Waals surface area contributed by atoms with Crippen LogP contribution in [0.3, 0.4) is 0 Å². The van der Waals surface area contributed by atoms with Crippen LogP contribution in [-0.2, 0) is 11.3 Å². The Morgan fingerprint density at radius 1 is 1.14 bits per heavy atom. The largest absolute Gasteiger partial charge is 0.493 e. The molecule has 0 spiro atoms. The van der Waals surface area contributed by atoms with E-state index in [9.17, 15) is 4.79 Å². The molecule has 0 saturated carbocycles. The van der Waals surface area contributed by atoms with Crippen LogP contribution in [-0.4, -0.2) is 30.3 Å². The number of amides is 1. The van der Waals surface area contributed by atoms with Crippen molar-refractivity contribution in [1.82, 2.24) is 15.5 Å². The van der Waals surface area contributed by atoms with Crippen LogP contribution in [0.15, 0.2) is 53.1 Å². The molecule has 1 heterocycles. The summed E-state index contributed by atoms with van der Waals surface area (Å²) in [4.78, 5) is 16.4. The SMILES string of the molecule is COc1ccc(C=CC(=O)NCc2nc(-c3cccc(C)c3)no2)cc1OC. The fraction of sp³-hybridized carbons (Fsp3) is 0.190. The second-order valence-corrected chi connectivity index (χ2v) is 6.05. The number of methoxy groups -OCH3 is 2. The van der Waals surface area contributed by atoms with Crippen LogP contribution in [0.5, 0.6) is 11.5 Å². The summed E-state index contributed by atoms with van der Waals surface area (Å²) >= 11 is 0. The van der Waals surface area contributed by atoms with Crippen molar-refractivity contribution >= 4 is 12.0 Å². The average Bonchev–Trinajstić information content (AvgIpc) is 3.19. The molecule has 0 atom stereocenters. The second kappa shape index (κ2) is 8.85. The first-order valence-corrected chi connectivity index (χ1v) is 8.66. The quantitative estimate of drug-likeness (QED) is 0.633. The van der Waals surface area contributed by atoms with E-state index in [4.69, 9.17) is 14.0 Å². The van der Waals surface area contributed by atoms with Crippen molar-refractivity contribution in [2.75, 3.05) is 14.2 Å². The molecule has 7 heteroatoms. The number of nitrogens with one attached hydrogen (secondary N) is 1. The monoisotopic (exact) mass is 379 g/mol. The van der Waals surface area contributed by atoms with Gasteiger partial charge in [0.05, 0.1) is 20.8 Å². The smallest absolute Gasteiger partial charge is 0.246 e. The Hall–Kier alpha value is -3.61. The van der Waals surface area contributed by atoms with Crippen LogP contribution in [0.25, 0.3) is 17.5 Å². The Kier molecular flexibility index (Phi) is 6.06. The highest BCUT2D eigenvalue weighted by atomic mass is 16.5. The van der Waals surface area contributed by atoms with E-state index in [1.165, 1.54) is 6.08 Å². The van der Waals surface area contributed by atoms with Gasteiger partial charge in [0.25, 0.3) is 0 Å². The molecular formula is C21H21N3O4. The first-order chi connectivity index (χ1) is 13.6. The number of benzene rings is 2. The molecule has 2 aromatic carbocycles. The molecule has 28 heavy (non-hydrogen) atoms. The summed E-state index contributed by atoms with van der Waals surface area (Å²) in [5.74, 6) is 1.78. The fourth-order valence-electron chi connectivity index (χ4n) is 2.58. The molecule has 1 amide bonds. The van der Waals surface area contributed by atoms with Gasteiger partial charge in [0.15, 0.2) is 11.5 Å². The van der Waals surface area contributed by atoms with Crippen molar-refractivity contribution in [3.05, 3.63) is 65.6 Å². The molecular weight excluding hydrogens is 358 g/mol. The molecule has 0 bridgehead atoms. The Morgan fingerprint density at radius 2 is 1.96 bits per heavy atom. The van der Waals surface area contributed by atoms with Crippen molar-refractivity contribution < 1.29 is 18.8 Å². The minimum atomic E-state index is -0.273. The number of aryl methyl sites for hydroxylation is 1. The molecule has 1 N–H and O–H groups in total. The second-order valence-electron chi connectivity index (χ2n) is 6.05. The van der Waals surface area contributed by atoms with Gasteiger partial charge in [-0.15, -0.1) is 0 Å². The lowest BCUT2D eigenvalue weighted by atomic mass is 10.1. The van der Waals surface area contributed by atoms with Crippen LogP contribution >= 0.6 is 0 Å².